The van der Waals surface area contributed by atoms with E-state index in [0.29, 0.717) is 40.8 Å². The van der Waals surface area contributed by atoms with Gasteiger partial charge in [0.05, 0.1) is 22.2 Å². The Hall–Kier alpha value is -3.20. The molecular formula is C30H28Cl2F2N4O2. The van der Waals surface area contributed by atoms with E-state index in [4.69, 9.17) is 28.9 Å². The quantitative estimate of drug-likeness (QED) is 0.257. The Morgan fingerprint density at radius 3 is 2.60 bits per heavy atom. The van der Waals surface area contributed by atoms with Gasteiger partial charge in [-0.3, -0.25) is 14.5 Å². The van der Waals surface area contributed by atoms with Crippen molar-refractivity contribution in [3.05, 3.63) is 87.4 Å². The molecular weight excluding hydrogens is 557 g/mol. The second-order valence-electron chi connectivity index (χ2n) is 11.1. The lowest BCUT2D eigenvalue weighted by Crippen LogP contribution is -2.49. The second-order valence-corrected chi connectivity index (χ2v) is 11.9. The third-order valence-electron chi connectivity index (χ3n) is 8.80. The molecule has 0 aromatic heterocycles. The zero-order valence-electron chi connectivity index (χ0n) is 21.7. The van der Waals surface area contributed by atoms with Crippen LogP contribution in [0.25, 0.3) is 0 Å². The molecule has 3 aromatic rings. The Balaban J connectivity index is 1.57. The van der Waals surface area contributed by atoms with Crippen LogP contribution >= 0.6 is 23.2 Å². The van der Waals surface area contributed by atoms with E-state index >= 15 is 4.39 Å². The summed E-state index contributed by atoms with van der Waals surface area (Å²) in [7, 11) is 0. The number of anilines is 3. The summed E-state index contributed by atoms with van der Waals surface area (Å²) >= 11 is 12.6. The van der Waals surface area contributed by atoms with Crippen molar-refractivity contribution in [1.82, 2.24) is 4.90 Å². The summed E-state index contributed by atoms with van der Waals surface area (Å²) in [5.41, 5.74) is 6.70. The van der Waals surface area contributed by atoms with Gasteiger partial charge in [0, 0.05) is 41.4 Å². The number of fused-ring (bicyclic) bond motifs is 1. The highest BCUT2D eigenvalue weighted by atomic mass is 35.5. The van der Waals surface area contributed by atoms with Gasteiger partial charge in [0.2, 0.25) is 12.3 Å². The van der Waals surface area contributed by atoms with E-state index in [1.54, 1.807) is 35.2 Å². The van der Waals surface area contributed by atoms with Crippen LogP contribution in [0.3, 0.4) is 0 Å². The van der Waals surface area contributed by atoms with E-state index < -0.39 is 29.0 Å². The van der Waals surface area contributed by atoms with Gasteiger partial charge in [0.1, 0.15) is 11.6 Å². The number of hydrogen-bond acceptors (Lipinski definition) is 4. The highest BCUT2D eigenvalue weighted by Crippen LogP contribution is 2.60. The standard InChI is InChI=1S/C30H28Cl2F2N4O2/c1-30(20-9-7-17(31)11-24(20)36-15-39)27(19-3-2-4-21(32)28(19)34)26-25(38(30)13-16-5-6-16)14-37(29(26)40)18-8-10-23(35)22(33)12-18/h2-4,7-12,15-16,25-27H,5-6,13-14,35H2,1H3,(H,36,39)/t25-,26+,27-,30+/m0/s1. The summed E-state index contributed by atoms with van der Waals surface area (Å²) in [5.74, 6) is -2.35. The predicted molar refractivity (Wildman–Crippen MR) is 153 cm³/mol. The van der Waals surface area contributed by atoms with Crippen LogP contribution in [0.4, 0.5) is 25.8 Å². The molecule has 2 saturated heterocycles. The Morgan fingerprint density at radius 1 is 1.12 bits per heavy atom. The van der Waals surface area contributed by atoms with Gasteiger partial charge >= 0.3 is 0 Å². The molecule has 6 nitrogen and oxygen atoms in total. The van der Waals surface area contributed by atoms with Crippen LogP contribution in [0.15, 0.2) is 54.6 Å². The SMILES string of the molecule is C[C@@]1(c2ccc(Cl)cc2NC=O)[C@@H](c2cccc(Cl)c2F)[C@@H]2C(=O)N(c3ccc(N)c(F)c3)C[C@@H]2N1CC1CC1. The number of nitrogen functional groups attached to an aromatic ring is 1. The molecule has 1 saturated carbocycles. The molecule has 4 atom stereocenters. The Morgan fingerprint density at radius 2 is 1.90 bits per heavy atom. The fraction of sp³-hybridized carbons (Fsp3) is 0.333. The summed E-state index contributed by atoms with van der Waals surface area (Å²) in [6, 6.07) is 14.1. The molecule has 0 radical (unpaired) electrons. The van der Waals surface area contributed by atoms with Gasteiger partial charge in [-0.15, -0.1) is 0 Å². The van der Waals surface area contributed by atoms with E-state index in [0.717, 1.165) is 18.4 Å². The number of halogens is 4. The van der Waals surface area contributed by atoms with Crippen molar-refractivity contribution < 1.29 is 18.4 Å². The smallest absolute Gasteiger partial charge is 0.232 e. The molecule has 2 heterocycles. The van der Waals surface area contributed by atoms with Crippen LogP contribution in [0.5, 0.6) is 0 Å². The monoisotopic (exact) mass is 584 g/mol. The average Bonchev–Trinajstić information content (AvgIpc) is 3.64. The maximum absolute atomic E-state index is 15.9. The molecule has 3 aliphatic rings. The average molecular weight is 585 g/mol. The predicted octanol–water partition coefficient (Wildman–Crippen LogP) is 6.18. The third kappa shape index (κ3) is 4.24. The maximum atomic E-state index is 15.9. The lowest BCUT2D eigenvalue weighted by molar-refractivity contribution is -0.121. The molecule has 3 N–H and O–H groups in total. The second kappa shape index (κ2) is 10.0. The molecule has 10 heteroatoms. The van der Waals surface area contributed by atoms with Crippen molar-refractivity contribution in [1.29, 1.82) is 0 Å². The number of nitrogens with zero attached hydrogens (tertiary/aromatic N) is 2. The number of hydrogen-bond donors (Lipinski definition) is 2. The van der Waals surface area contributed by atoms with Crippen LogP contribution in [-0.4, -0.2) is 36.3 Å². The summed E-state index contributed by atoms with van der Waals surface area (Å²) in [5, 5.41) is 3.16. The fourth-order valence-electron chi connectivity index (χ4n) is 6.81. The first-order valence-electron chi connectivity index (χ1n) is 13.2. The van der Waals surface area contributed by atoms with Gasteiger partial charge < -0.3 is 16.0 Å². The van der Waals surface area contributed by atoms with Gasteiger partial charge in [-0.1, -0.05) is 41.4 Å². The number of nitrogens with one attached hydrogen (secondary N) is 1. The summed E-state index contributed by atoms with van der Waals surface area (Å²) in [6.45, 7) is 2.97. The molecule has 40 heavy (non-hydrogen) atoms. The van der Waals surface area contributed by atoms with Gasteiger partial charge in [-0.25, -0.2) is 8.78 Å². The minimum atomic E-state index is -0.923. The number of amides is 2. The van der Waals surface area contributed by atoms with Gasteiger partial charge in [-0.2, -0.15) is 0 Å². The van der Waals surface area contributed by atoms with Crippen molar-refractivity contribution in [2.45, 2.75) is 37.3 Å². The maximum Gasteiger partial charge on any atom is 0.232 e. The number of carbonyl (C=O) groups is 2. The molecule has 2 amide bonds. The lowest BCUT2D eigenvalue weighted by Gasteiger charge is -2.44. The molecule has 3 fully saturated rings. The Labute approximate surface area is 241 Å². The van der Waals surface area contributed by atoms with Gasteiger partial charge in [-0.05, 0) is 73.2 Å². The molecule has 6 rings (SSSR count). The molecule has 0 spiro atoms. The lowest BCUT2D eigenvalue weighted by atomic mass is 9.71. The molecule has 1 aliphatic carbocycles. The van der Waals surface area contributed by atoms with E-state index in [-0.39, 0.29) is 29.2 Å². The first-order chi connectivity index (χ1) is 19.1. The van der Waals surface area contributed by atoms with Crippen LogP contribution in [0.2, 0.25) is 10.0 Å². The summed E-state index contributed by atoms with van der Waals surface area (Å²) < 4.78 is 30.4. The number of rotatable bonds is 7. The van der Waals surface area contributed by atoms with Gasteiger partial charge in [0.25, 0.3) is 0 Å². The minimum Gasteiger partial charge on any atom is -0.396 e. The van der Waals surface area contributed by atoms with Crippen molar-refractivity contribution >= 4 is 52.6 Å². The molecule has 2 aliphatic heterocycles. The van der Waals surface area contributed by atoms with Crippen LogP contribution < -0.4 is 16.0 Å². The van der Waals surface area contributed by atoms with Crippen LogP contribution in [0, 0.1) is 23.5 Å². The summed E-state index contributed by atoms with van der Waals surface area (Å²) in [6.07, 6.45) is 2.69. The number of likely N-dealkylation sites (tertiary alicyclic amines) is 1. The number of benzene rings is 3. The number of carbonyl (C=O) groups excluding carboxylic acids is 2. The first kappa shape index (κ1) is 27.0. The minimum absolute atomic E-state index is 0.00431. The van der Waals surface area contributed by atoms with Crippen molar-refractivity contribution in [2.75, 3.05) is 29.0 Å². The molecule has 3 aromatic carbocycles. The van der Waals surface area contributed by atoms with E-state index in [9.17, 15) is 14.0 Å². The Bertz CT molecular complexity index is 1520. The van der Waals surface area contributed by atoms with E-state index in [1.165, 1.54) is 18.2 Å². The highest BCUT2D eigenvalue weighted by Gasteiger charge is 2.65. The van der Waals surface area contributed by atoms with Crippen molar-refractivity contribution in [3.8, 4) is 0 Å². The largest absolute Gasteiger partial charge is 0.396 e. The van der Waals surface area contributed by atoms with E-state index in [1.807, 2.05) is 13.0 Å². The summed E-state index contributed by atoms with van der Waals surface area (Å²) in [4.78, 5) is 29.8. The molecule has 0 unspecified atom stereocenters. The fourth-order valence-corrected chi connectivity index (χ4v) is 7.16. The molecule has 208 valence electrons. The first-order valence-corrected chi connectivity index (χ1v) is 14.0. The topological polar surface area (TPSA) is 78.7 Å². The van der Waals surface area contributed by atoms with Crippen LogP contribution in [-0.2, 0) is 15.1 Å². The normalized spacial score (nSPS) is 26.3. The van der Waals surface area contributed by atoms with Crippen molar-refractivity contribution in [3.63, 3.8) is 0 Å². The van der Waals surface area contributed by atoms with E-state index in [2.05, 4.69) is 10.2 Å². The Kier molecular flexibility index (Phi) is 6.76. The molecule has 0 bridgehead atoms. The zero-order chi connectivity index (χ0) is 28.3. The van der Waals surface area contributed by atoms with Crippen molar-refractivity contribution in [2.24, 2.45) is 11.8 Å². The van der Waals surface area contributed by atoms with Crippen LogP contribution in [0.1, 0.15) is 36.8 Å². The number of nitrogens with two attached hydrogens (primary N) is 1. The van der Waals surface area contributed by atoms with Gasteiger partial charge in [0.15, 0.2) is 0 Å². The third-order valence-corrected chi connectivity index (χ3v) is 9.33. The zero-order valence-corrected chi connectivity index (χ0v) is 23.2. The highest BCUT2D eigenvalue weighted by molar-refractivity contribution is 6.31.